The van der Waals surface area contributed by atoms with E-state index in [9.17, 15) is 0 Å². The van der Waals surface area contributed by atoms with E-state index in [2.05, 4.69) is 67.3 Å². The molecule has 0 radical (unpaired) electrons. The van der Waals surface area contributed by atoms with Crippen LogP contribution in [0.5, 0.6) is 0 Å². The highest BCUT2D eigenvalue weighted by Gasteiger charge is 2.12. The van der Waals surface area contributed by atoms with E-state index in [-0.39, 0.29) is 0 Å². The molecule has 0 amide bonds. The van der Waals surface area contributed by atoms with Gasteiger partial charge in [-0.25, -0.2) is 0 Å². The largest absolute Gasteiger partial charge is 0.357 e. The number of hydrogen-bond donors (Lipinski definition) is 2. The van der Waals surface area contributed by atoms with Crippen molar-refractivity contribution in [3.05, 3.63) is 12.2 Å². The summed E-state index contributed by atoms with van der Waals surface area (Å²) >= 11 is 0. The zero-order valence-electron chi connectivity index (χ0n) is 14.2. The van der Waals surface area contributed by atoms with Gasteiger partial charge in [0.2, 0.25) is 0 Å². The lowest BCUT2D eigenvalue weighted by molar-refractivity contribution is 0.181. The van der Waals surface area contributed by atoms with Crippen LogP contribution in [-0.4, -0.2) is 49.1 Å². The van der Waals surface area contributed by atoms with Crippen LogP contribution in [-0.2, 0) is 0 Å². The van der Waals surface area contributed by atoms with Crippen molar-refractivity contribution in [3.63, 3.8) is 0 Å². The molecule has 0 aliphatic rings. The highest BCUT2D eigenvalue weighted by Crippen LogP contribution is 2.03. The molecule has 0 aromatic carbocycles. The lowest BCUT2D eigenvalue weighted by Crippen LogP contribution is -2.41. The highest BCUT2D eigenvalue weighted by molar-refractivity contribution is 5.79. The second-order valence-electron chi connectivity index (χ2n) is 5.47. The predicted molar refractivity (Wildman–Crippen MR) is 90.4 cm³/mol. The van der Waals surface area contributed by atoms with Gasteiger partial charge in [-0.05, 0) is 48.0 Å². The van der Waals surface area contributed by atoms with Gasteiger partial charge in [0.1, 0.15) is 0 Å². The maximum atomic E-state index is 4.64. The Morgan fingerprint density at radius 1 is 1.15 bits per heavy atom. The number of nitrogens with one attached hydrogen (secondary N) is 2. The van der Waals surface area contributed by atoms with Crippen molar-refractivity contribution in [2.75, 3.05) is 26.2 Å². The molecule has 0 aliphatic heterocycles. The monoisotopic (exact) mass is 282 g/mol. The van der Waals surface area contributed by atoms with Crippen LogP contribution < -0.4 is 10.6 Å². The summed E-state index contributed by atoms with van der Waals surface area (Å²) in [5.74, 6) is 0.921. The summed E-state index contributed by atoms with van der Waals surface area (Å²) in [6, 6.07) is 1.13. The van der Waals surface area contributed by atoms with E-state index in [1.54, 1.807) is 0 Å². The Hall–Kier alpha value is -1.03. The Balaban J connectivity index is 4.24. The van der Waals surface area contributed by atoms with E-state index in [1.165, 1.54) is 0 Å². The van der Waals surface area contributed by atoms with Crippen LogP contribution in [0.15, 0.2) is 17.1 Å². The first kappa shape index (κ1) is 19.0. The summed E-state index contributed by atoms with van der Waals surface area (Å²) in [4.78, 5) is 7.11. The highest BCUT2D eigenvalue weighted by atomic mass is 15.2. The van der Waals surface area contributed by atoms with Gasteiger partial charge in [-0.15, -0.1) is 0 Å². The topological polar surface area (TPSA) is 39.7 Å². The normalized spacial score (nSPS) is 12.9. The van der Waals surface area contributed by atoms with Crippen LogP contribution in [0, 0.1) is 0 Å². The molecule has 4 heteroatoms. The molecule has 0 fully saturated rings. The van der Waals surface area contributed by atoms with Crippen molar-refractivity contribution < 1.29 is 0 Å². The van der Waals surface area contributed by atoms with Crippen LogP contribution >= 0.6 is 0 Å². The molecule has 20 heavy (non-hydrogen) atoms. The molecular formula is C16H34N4. The van der Waals surface area contributed by atoms with Crippen LogP contribution in [0.25, 0.3) is 0 Å². The Labute approximate surface area is 125 Å². The summed E-state index contributed by atoms with van der Waals surface area (Å²) in [7, 11) is 0. The molecule has 0 rings (SSSR count). The minimum atomic E-state index is 0.565. The molecule has 0 heterocycles. The van der Waals surface area contributed by atoms with E-state index < -0.39 is 0 Å². The molecule has 0 atom stereocenters. The Morgan fingerprint density at radius 3 is 2.30 bits per heavy atom. The maximum Gasteiger partial charge on any atom is 0.191 e. The van der Waals surface area contributed by atoms with E-state index in [4.69, 9.17) is 0 Å². The number of guanidine groups is 1. The van der Waals surface area contributed by atoms with Gasteiger partial charge < -0.3 is 10.6 Å². The zero-order chi connectivity index (χ0) is 15.4. The van der Waals surface area contributed by atoms with Crippen molar-refractivity contribution in [3.8, 4) is 0 Å². The molecule has 0 aliphatic carbocycles. The average molecular weight is 282 g/mol. The van der Waals surface area contributed by atoms with Crippen LogP contribution in [0.3, 0.4) is 0 Å². The van der Waals surface area contributed by atoms with E-state index >= 15 is 0 Å². The zero-order valence-corrected chi connectivity index (χ0v) is 14.2. The standard InChI is InChI=1S/C16H34N4/c1-7-9-10-11-18-16(17-8-2)19-12-13-20(14(3)4)15(5)6/h7,9,14-15H,8,10-13H2,1-6H3,(H2,17,18,19)/b9-7+. The number of rotatable bonds is 9. The van der Waals surface area contributed by atoms with Gasteiger partial charge >= 0.3 is 0 Å². The third-order valence-corrected chi connectivity index (χ3v) is 3.14. The maximum absolute atomic E-state index is 4.64. The first-order chi connectivity index (χ1) is 9.52. The Kier molecular flexibility index (Phi) is 11.2. The fourth-order valence-corrected chi connectivity index (χ4v) is 2.17. The van der Waals surface area contributed by atoms with Crippen molar-refractivity contribution >= 4 is 5.96 Å². The van der Waals surface area contributed by atoms with Gasteiger partial charge in [0.25, 0.3) is 0 Å². The fraction of sp³-hybridized carbons (Fsp3) is 0.812. The van der Waals surface area contributed by atoms with Gasteiger partial charge in [-0.3, -0.25) is 9.89 Å². The van der Waals surface area contributed by atoms with Crippen molar-refractivity contribution in [2.24, 2.45) is 4.99 Å². The summed E-state index contributed by atoms with van der Waals surface area (Å²) in [5.41, 5.74) is 0. The quantitative estimate of drug-likeness (QED) is 0.295. The number of hydrogen-bond acceptors (Lipinski definition) is 2. The number of nitrogens with zero attached hydrogens (tertiary/aromatic N) is 2. The lowest BCUT2D eigenvalue weighted by atomic mass is 10.2. The first-order valence-electron chi connectivity index (χ1n) is 7.92. The second kappa shape index (κ2) is 11.8. The summed E-state index contributed by atoms with van der Waals surface area (Å²) in [6.45, 7) is 16.8. The van der Waals surface area contributed by atoms with Crippen molar-refractivity contribution in [1.82, 2.24) is 15.5 Å². The first-order valence-corrected chi connectivity index (χ1v) is 7.92. The molecule has 0 aromatic rings. The minimum Gasteiger partial charge on any atom is -0.357 e. The van der Waals surface area contributed by atoms with Crippen LogP contribution in [0.2, 0.25) is 0 Å². The summed E-state index contributed by atoms with van der Waals surface area (Å²) in [6.07, 6.45) is 5.27. The molecule has 0 bridgehead atoms. The molecule has 0 spiro atoms. The molecule has 0 saturated heterocycles. The molecule has 118 valence electrons. The number of aliphatic imine (C=N–C) groups is 1. The fourth-order valence-electron chi connectivity index (χ4n) is 2.17. The van der Waals surface area contributed by atoms with Gasteiger partial charge in [-0.1, -0.05) is 12.2 Å². The van der Waals surface area contributed by atoms with Crippen LogP contribution in [0.4, 0.5) is 0 Å². The van der Waals surface area contributed by atoms with Gasteiger partial charge in [-0.2, -0.15) is 0 Å². The van der Waals surface area contributed by atoms with E-state index in [1.807, 2.05) is 6.92 Å². The molecule has 0 saturated carbocycles. The van der Waals surface area contributed by atoms with Gasteiger partial charge in [0.15, 0.2) is 5.96 Å². The average Bonchev–Trinajstić information content (AvgIpc) is 2.38. The Morgan fingerprint density at radius 2 is 1.80 bits per heavy atom. The SMILES string of the molecule is C/C=C/CCNC(=NCCN(C(C)C)C(C)C)NCC. The van der Waals surface area contributed by atoms with Crippen LogP contribution in [0.1, 0.15) is 48.0 Å². The van der Waals surface area contributed by atoms with Crippen molar-refractivity contribution in [1.29, 1.82) is 0 Å². The third kappa shape index (κ3) is 8.97. The molecular weight excluding hydrogens is 248 g/mol. The lowest BCUT2D eigenvalue weighted by Gasteiger charge is -2.29. The van der Waals surface area contributed by atoms with Gasteiger partial charge in [0, 0.05) is 31.7 Å². The van der Waals surface area contributed by atoms with E-state index in [0.717, 1.165) is 38.6 Å². The second-order valence-corrected chi connectivity index (χ2v) is 5.47. The van der Waals surface area contributed by atoms with Crippen molar-refractivity contribution in [2.45, 2.75) is 60.0 Å². The summed E-state index contributed by atoms with van der Waals surface area (Å²) in [5, 5.41) is 6.64. The molecule has 0 unspecified atom stereocenters. The Bertz CT molecular complexity index is 274. The van der Waals surface area contributed by atoms with Gasteiger partial charge in [0.05, 0.1) is 6.54 Å². The number of allylic oxidation sites excluding steroid dienone is 1. The summed E-state index contributed by atoms with van der Waals surface area (Å²) < 4.78 is 0. The molecule has 2 N–H and O–H groups in total. The smallest absolute Gasteiger partial charge is 0.191 e. The predicted octanol–water partition coefficient (Wildman–Crippen LogP) is 2.63. The molecule has 0 aromatic heterocycles. The molecule has 4 nitrogen and oxygen atoms in total. The van der Waals surface area contributed by atoms with E-state index in [0.29, 0.717) is 12.1 Å². The third-order valence-electron chi connectivity index (χ3n) is 3.14. The minimum absolute atomic E-state index is 0.565.